The zero-order valence-corrected chi connectivity index (χ0v) is 11.2. The van der Waals surface area contributed by atoms with Crippen LogP contribution in [0.25, 0.3) is 0 Å². The molecule has 104 valence electrons. The van der Waals surface area contributed by atoms with Gasteiger partial charge in [0.1, 0.15) is 17.4 Å². The van der Waals surface area contributed by atoms with E-state index in [-0.39, 0.29) is 11.3 Å². The van der Waals surface area contributed by atoms with E-state index in [0.29, 0.717) is 6.07 Å². The third kappa shape index (κ3) is 3.92. The van der Waals surface area contributed by atoms with Crippen LogP contribution in [0.15, 0.2) is 18.2 Å². The second-order valence-corrected chi connectivity index (χ2v) is 5.59. The molecule has 2 unspecified atom stereocenters. The van der Waals surface area contributed by atoms with Gasteiger partial charge in [-0.25, -0.2) is 8.78 Å². The highest BCUT2D eigenvalue weighted by Crippen LogP contribution is 2.14. The van der Waals surface area contributed by atoms with Gasteiger partial charge in [-0.05, 0) is 19.1 Å². The van der Waals surface area contributed by atoms with Gasteiger partial charge in [0, 0.05) is 23.9 Å². The van der Waals surface area contributed by atoms with Gasteiger partial charge >= 0.3 is 0 Å². The first-order chi connectivity index (χ1) is 8.86. The van der Waals surface area contributed by atoms with Crippen LogP contribution in [0.1, 0.15) is 17.3 Å². The number of carbonyl (C=O) groups excluding carboxylic acids is 2. The maximum atomic E-state index is 13.4. The van der Waals surface area contributed by atoms with Gasteiger partial charge in [0.25, 0.3) is 0 Å². The molecule has 0 radical (unpaired) electrons. The standard InChI is InChI=1S/C12H13F2NO3S/c1-7(19(18)6-11(16)15-2)12(17)9-4-3-8(13)5-10(9)14/h3-5,7H,6H2,1-2H3,(H,15,16). The minimum atomic E-state index is -1.76. The van der Waals surface area contributed by atoms with E-state index in [1.807, 2.05) is 0 Å². The molecule has 0 aliphatic rings. The Morgan fingerprint density at radius 2 is 2.00 bits per heavy atom. The Morgan fingerprint density at radius 1 is 1.37 bits per heavy atom. The van der Waals surface area contributed by atoms with Gasteiger partial charge in [0.15, 0.2) is 5.78 Å². The molecule has 1 amide bonds. The highest BCUT2D eigenvalue weighted by atomic mass is 32.2. The van der Waals surface area contributed by atoms with Crippen molar-refractivity contribution in [2.24, 2.45) is 0 Å². The van der Waals surface area contributed by atoms with Crippen LogP contribution in [-0.2, 0) is 15.6 Å². The smallest absolute Gasteiger partial charge is 0.232 e. The van der Waals surface area contributed by atoms with Crippen LogP contribution in [0.5, 0.6) is 0 Å². The van der Waals surface area contributed by atoms with E-state index in [9.17, 15) is 22.6 Å². The van der Waals surface area contributed by atoms with E-state index >= 15 is 0 Å². The van der Waals surface area contributed by atoms with Crippen LogP contribution >= 0.6 is 0 Å². The summed E-state index contributed by atoms with van der Waals surface area (Å²) in [5.74, 6) is -3.34. The van der Waals surface area contributed by atoms with Crippen LogP contribution in [0.2, 0.25) is 0 Å². The topological polar surface area (TPSA) is 63.2 Å². The Hall–Kier alpha value is -1.63. The van der Waals surface area contributed by atoms with Crippen molar-refractivity contribution in [1.82, 2.24) is 5.32 Å². The number of halogens is 2. The summed E-state index contributed by atoms with van der Waals surface area (Å²) in [5, 5.41) is 1.24. The molecule has 0 heterocycles. The Labute approximate surface area is 111 Å². The highest BCUT2D eigenvalue weighted by Gasteiger charge is 2.25. The summed E-state index contributed by atoms with van der Waals surface area (Å²) in [5.41, 5.74) is -0.334. The normalized spacial score (nSPS) is 13.7. The van der Waals surface area contributed by atoms with Crippen LogP contribution in [0.3, 0.4) is 0 Å². The van der Waals surface area contributed by atoms with Crippen molar-refractivity contribution < 1.29 is 22.6 Å². The second-order valence-electron chi connectivity index (χ2n) is 3.83. The summed E-state index contributed by atoms with van der Waals surface area (Å²) in [7, 11) is -0.380. The van der Waals surface area contributed by atoms with E-state index in [4.69, 9.17) is 0 Å². The number of ketones is 1. The largest absolute Gasteiger partial charge is 0.358 e. The molecule has 0 spiro atoms. The fourth-order valence-corrected chi connectivity index (χ4v) is 2.37. The van der Waals surface area contributed by atoms with Crippen LogP contribution in [0.4, 0.5) is 8.78 Å². The molecule has 1 rings (SSSR count). The number of Topliss-reactive ketones (excluding diaryl/α,β-unsaturated/α-hetero) is 1. The van der Waals surface area contributed by atoms with Crippen molar-refractivity contribution in [2.75, 3.05) is 12.8 Å². The van der Waals surface area contributed by atoms with Crippen molar-refractivity contribution in [2.45, 2.75) is 12.2 Å². The average Bonchev–Trinajstić information content (AvgIpc) is 2.36. The molecular formula is C12H13F2NO3S. The molecule has 0 aliphatic heterocycles. The summed E-state index contributed by atoms with van der Waals surface area (Å²) < 4.78 is 37.9. The zero-order valence-electron chi connectivity index (χ0n) is 10.4. The zero-order chi connectivity index (χ0) is 14.6. The number of benzene rings is 1. The fourth-order valence-electron chi connectivity index (χ4n) is 1.35. The minimum absolute atomic E-state index is 0.334. The molecule has 2 atom stereocenters. The summed E-state index contributed by atoms with van der Waals surface area (Å²) >= 11 is 0. The van der Waals surface area contributed by atoms with Crippen molar-refractivity contribution in [3.8, 4) is 0 Å². The SMILES string of the molecule is CNC(=O)CS(=O)C(C)C(=O)c1ccc(F)cc1F. The summed E-state index contributed by atoms with van der Waals surface area (Å²) in [6.45, 7) is 1.34. The van der Waals surface area contributed by atoms with Crippen LogP contribution in [0, 0.1) is 11.6 Å². The summed E-state index contributed by atoms with van der Waals surface area (Å²) in [6, 6.07) is 2.53. The van der Waals surface area contributed by atoms with E-state index in [1.54, 1.807) is 0 Å². The Morgan fingerprint density at radius 3 is 2.53 bits per heavy atom. The van der Waals surface area contributed by atoms with Crippen LogP contribution < -0.4 is 5.32 Å². The summed E-state index contributed by atoms with van der Waals surface area (Å²) in [4.78, 5) is 23.0. The average molecular weight is 289 g/mol. The van der Waals surface area contributed by atoms with Gasteiger partial charge in [-0.1, -0.05) is 0 Å². The number of nitrogens with one attached hydrogen (secondary N) is 1. The second kappa shape index (κ2) is 6.51. The molecule has 7 heteroatoms. The maximum Gasteiger partial charge on any atom is 0.232 e. The molecule has 19 heavy (non-hydrogen) atoms. The van der Waals surface area contributed by atoms with Gasteiger partial charge in [-0.2, -0.15) is 0 Å². The number of hydrogen-bond donors (Lipinski definition) is 1. The van der Waals surface area contributed by atoms with E-state index in [1.165, 1.54) is 14.0 Å². The third-order valence-corrected chi connectivity index (χ3v) is 4.06. The highest BCUT2D eigenvalue weighted by molar-refractivity contribution is 7.87. The van der Waals surface area contributed by atoms with E-state index in [0.717, 1.165) is 12.1 Å². The summed E-state index contributed by atoms with van der Waals surface area (Å²) in [6.07, 6.45) is 0. The first-order valence-electron chi connectivity index (χ1n) is 5.43. The van der Waals surface area contributed by atoms with E-state index in [2.05, 4.69) is 5.32 Å². The lowest BCUT2D eigenvalue weighted by Crippen LogP contribution is -2.32. The molecule has 4 nitrogen and oxygen atoms in total. The Balaban J connectivity index is 2.87. The molecule has 1 aromatic rings. The molecule has 0 aliphatic carbocycles. The van der Waals surface area contributed by atoms with Crippen LogP contribution in [-0.4, -0.2) is 33.9 Å². The number of rotatable bonds is 5. The molecule has 1 N–H and O–H groups in total. The van der Waals surface area contributed by atoms with Crippen molar-refractivity contribution in [3.05, 3.63) is 35.4 Å². The predicted octanol–water partition coefficient (Wildman–Crippen LogP) is 1.03. The maximum absolute atomic E-state index is 13.4. The monoisotopic (exact) mass is 289 g/mol. The number of carbonyl (C=O) groups is 2. The molecule has 0 bridgehead atoms. The number of hydrogen-bond acceptors (Lipinski definition) is 3. The first-order valence-corrected chi connectivity index (χ1v) is 6.82. The van der Waals surface area contributed by atoms with E-state index < -0.39 is 39.4 Å². The quantitative estimate of drug-likeness (QED) is 0.824. The van der Waals surface area contributed by atoms with Crippen molar-refractivity contribution >= 4 is 22.5 Å². The van der Waals surface area contributed by atoms with Gasteiger partial charge in [-0.3, -0.25) is 13.8 Å². The van der Waals surface area contributed by atoms with Crippen molar-refractivity contribution in [3.63, 3.8) is 0 Å². The first kappa shape index (κ1) is 15.4. The lowest BCUT2D eigenvalue weighted by atomic mass is 10.1. The molecule has 0 aromatic heterocycles. The Kier molecular flexibility index (Phi) is 5.29. The van der Waals surface area contributed by atoms with Gasteiger partial charge in [0.2, 0.25) is 5.91 Å². The minimum Gasteiger partial charge on any atom is -0.358 e. The third-order valence-electron chi connectivity index (χ3n) is 2.51. The molecule has 1 aromatic carbocycles. The molecular weight excluding hydrogens is 276 g/mol. The van der Waals surface area contributed by atoms with Gasteiger partial charge in [-0.15, -0.1) is 0 Å². The lowest BCUT2D eigenvalue weighted by Gasteiger charge is -2.10. The predicted molar refractivity (Wildman–Crippen MR) is 67.2 cm³/mol. The molecule has 0 saturated heterocycles. The number of amides is 1. The van der Waals surface area contributed by atoms with Crippen molar-refractivity contribution in [1.29, 1.82) is 0 Å². The Bertz CT molecular complexity index is 534. The van der Waals surface area contributed by atoms with Gasteiger partial charge in [0.05, 0.1) is 10.8 Å². The lowest BCUT2D eigenvalue weighted by molar-refractivity contribution is -0.118. The molecule has 0 fully saturated rings. The fraction of sp³-hybridized carbons (Fsp3) is 0.333. The molecule has 0 saturated carbocycles. The van der Waals surface area contributed by atoms with Gasteiger partial charge < -0.3 is 5.32 Å².